The molecule has 0 radical (unpaired) electrons. The largest absolute Gasteiger partial charge is 0.354 e. The first-order valence-corrected chi connectivity index (χ1v) is 6.29. The summed E-state index contributed by atoms with van der Waals surface area (Å²) < 4.78 is 0. The number of carbonyl (C=O) groups is 1. The van der Waals surface area contributed by atoms with E-state index < -0.39 is 0 Å². The third-order valence-corrected chi connectivity index (χ3v) is 2.77. The quantitative estimate of drug-likeness (QED) is 0.846. The first-order valence-electron chi connectivity index (χ1n) is 5.91. The van der Waals surface area contributed by atoms with Crippen molar-refractivity contribution in [2.24, 2.45) is 5.73 Å². The van der Waals surface area contributed by atoms with E-state index in [0.29, 0.717) is 6.54 Å². The minimum absolute atomic E-state index is 0. The van der Waals surface area contributed by atoms with Crippen LogP contribution in [0.1, 0.15) is 25.3 Å². The highest BCUT2D eigenvalue weighted by atomic mass is 35.5. The first kappa shape index (κ1) is 17.2. The third-order valence-electron chi connectivity index (χ3n) is 2.54. The number of hydrogen-bond acceptors (Lipinski definition) is 2. The summed E-state index contributed by atoms with van der Waals surface area (Å²) >= 11 is 5.87. The van der Waals surface area contributed by atoms with Crippen LogP contribution in [0.3, 0.4) is 0 Å². The van der Waals surface area contributed by atoms with Crippen LogP contribution < -0.4 is 11.1 Å². The van der Waals surface area contributed by atoms with Gasteiger partial charge in [0.15, 0.2) is 0 Å². The van der Waals surface area contributed by atoms with E-state index in [-0.39, 0.29) is 24.4 Å². The van der Waals surface area contributed by atoms with Crippen LogP contribution in [0.5, 0.6) is 0 Å². The van der Waals surface area contributed by atoms with Crippen LogP contribution in [0.25, 0.3) is 0 Å². The molecule has 0 aliphatic heterocycles. The summed E-state index contributed by atoms with van der Waals surface area (Å²) in [6, 6.07) is 7.24. The van der Waals surface area contributed by atoms with Crippen LogP contribution in [0.4, 0.5) is 0 Å². The van der Waals surface area contributed by atoms with Crippen LogP contribution in [0.2, 0.25) is 5.02 Å². The van der Waals surface area contributed by atoms with E-state index in [0.717, 1.165) is 29.8 Å². The van der Waals surface area contributed by atoms with Gasteiger partial charge in [0.25, 0.3) is 0 Å². The molecule has 1 rings (SSSR count). The normalized spacial score (nSPS) is 11.5. The highest BCUT2D eigenvalue weighted by Crippen LogP contribution is 2.10. The molecule has 0 spiro atoms. The number of nitrogens with one attached hydrogen (secondary N) is 1. The molecule has 0 aliphatic carbocycles. The molecule has 18 heavy (non-hydrogen) atoms. The second-order valence-electron chi connectivity index (χ2n) is 4.07. The summed E-state index contributed by atoms with van der Waals surface area (Å²) in [6.45, 7) is 2.61. The molecular weight excluding hydrogens is 271 g/mol. The van der Waals surface area contributed by atoms with Crippen LogP contribution in [0.15, 0.2) is 24.3 Å². The Balaban J connectivity index is 0.00000289. The summed E-state index contributed by atoms with van der Waals surface area (Å²) in [7, 11) is 0. The summed E-state index contributed by atoms with van der Waals surface area (Å²) in [4.78, 5) is 11.5. The van der Waals surface area contributed by atoms with E-state index in [1.54, 1.807) is 0 Å². The topological polar surface area (TPSA) is 55.1 Å². The van der Waals surface area contributed by atoms with Crippen molar-refractivity contribution in [2.75, 3.05) is 6.54 Å². The Bertz CT molecular complexity index is 372. The number of benzene rings is 1. The molecule has 0 saturated heterocycles. The van der Waals surface area contributed by atoms with Gasteiger partial charge in [-0.1, -0.05) is 37.1 Å². The van der Waals surface area contributed by atoms with Crippen molar-refractivity contribution in [3.05, 3.63) is 34.9 Å². The fourth-order valence-corrected chi connectivity index (χ4v) is 1.81. The number of halogens is 2. The molecule has 0 aromatic heterocycles. The van der Waals surface area contributed by atoms with Crippen molar-refractivity contribution in [1.82, 2.24) is 5.32 Å². The molecule has 1 atom stereocenters. The van der Waals surface area contributed by atoms with Gasteiger partial charge in [0, 0.05) is 11.6 Å². The Morgan fingerprint density at radius 2 is 2.22 bits per heavy atom. The smallest absolute Gasteiger partial charge is 0.236 e. The summed E-state index contributed by atoms with van der Waals surface area (Å²) in [5.41, 5.74) is 6.81. The predicted molar refractivity (Wildman–Crippen MR) is 78.3 cm³/mol. The van der Waals surface area contributed by atoms with E-state index in [2.05, 4.69) is 5.32 Å². The molecule has 1 unspecified atom stereocenters. The lowest BCUT2D eigenvalue weighted by Crippen LogP contribution is -2.41. The lowest BCUT2D eigenvalue weighted by atomic mass is 10.1. The number of carbonyl (C=O) groups excluding carboxylic acids is 1. The van der Waals surface area contributed by atoms with Crippen LogP contribution >= 0.6 is 24.0 Å². The second-order valence-corrected chi connectivity index (χ2v) is 4.50. The third kappa shape index (κ3) is 6.24. The van der Waals surface area contributed by atoms with Crippen LogP contribution in [-0.4, -0.2) is 18.5 Å². The van der Waals surface area contributed by atoms with E-state index in [1.165, 1.54) is 0 Å². The monoisotopic (exact) mass is 290 g/mol. The van der Waals surface area contributed by atoms with E-state index in [9.17, 15) is 4.79 Å². The van der Waals surface area contributed by atoms with E-state index in [1.807, 2.05) is 31.2 Å². The summed E-state index contributed by atoms with van der Waals surface area (Å²) in [5, 5.41) is 3.55. The molecule has 1 aromatic carbocycles. The predicted octanol–water partition coefficient (Wildman–Crippen LogP) is 2.55. The summed E-state index contributed by atoms with van der Waals surface area (Å²) in [5.74, 6) is -0.0751. The van der Waals surface area contributed by atoms with Gasteiger partial charge in [-0.2, -0.15) is 0 Å². The Morgan fingerprint density at radius 3 is 2.83 bits per heavy atom. The number of rotatable bonds is 6. The molecule has 0 fully saturated rings. The first-order chi connectivity index (χ1) is 8.13. The van der Waals surface area contributed by atoms with Gasteiger partial charge in [-0.05, 0) is 30.5 Å². The van der Waals surface area contributed by atoms with Gasteiger partial charge < -0.3 is 11.1 Å². The lowest BCUT2D eigenvalue weighted by Gasteiger charge is -2.11. The van der Waals surface area contributed by atoms with Gasteiger partial charge in [-0.15, -0.1) is 12.4 Å². The molecule has 0 heterocycles. The van der Waals surface area contributed by atoms with Gasteiger partial charge in [0.05, 0.1) is 6.04 Å². The minimum Gasteiger partial charge on any atom is -0.354 e. The van der Waals surface area contributed by atoms with Crippen LogP contribution in [0, 0.1) is 0 Å². The average Bonchev–Trinajstić information content (AvgIpc) is 2.29. The van der Waals surface area contributed by atoms with Crippen molar-refractivity contribution >= 4 is 29.9 Å². The maximum absolute atomic E-state index is 11.5. The number of hydrogen-bond donors (Lipinski definition) is 2. The van der Waals surface area contributed by atoms with Crippen LogP contribution in [-0.2, 0) is 11.2 Å². The number of amides is 1. The molecule has 3 nitrogen and oxygen atoms in total. The highest BCUT2D eigenvalue weighted by Gasteiger charge is 2.10. The molecule has 102 valence electrons. The zero-order valence-electron chi connectivity index (χ0n) is 10.5. The fraction of sp³-hybridized carbons (Fsp3) is 0.462. The molecular formula is C13H20Cl2N2O. The van der Waals surface area contributed by atoms with Gasteiger partial charge in [0.2, 0.25) is 5.91 Å². The van der Waals surface area contributed by atoms with E-state index in [4.69, 9.17) is 17.3 Å². The minimum atomic E-state index is -0.389. The Labute approximate surface area is 119 Å². The second kappa shape index (κ2) is 9.20. The van der Waals surface area contributed by atoms with Crippen molar-refractivity contribution in [3.8, 4) is 0 Å². The van der Waals surface area contributed by atoms with Gasteiger partial charge in [-0.3, -0.25) is 4.79 Å². The van der Waals surface area contributed by atoms with Crippen molar-refractivity contribution in [3.63, 3.8) is 0 Å². The molecule has 3 N–H and O–H groups in total. The standard InChI is InChI=1S/C13H19ClN2O.ClH/c1-2-4-12(15)13(17)16-8-7-10-5-3-6-11(14)9-10;/h3,5-6,9,12H,2,4,7-8,15H2,1H3,(H,16,17);1H. The molecule has 0 aliphatic rings. The van der Waals surface area contributed by atoms with Crippen molar-refractivity contribution in [1.29, 1.82) is 0 Å². The van der Waals surface area contributed by atoms with Gasteiger partial charge in [-0.25, -0.2) is 0 Å². The molecule has 1 amide bonds. The molecule has 1 aromatic rings. The fourth-order valence-electron chi connectivity index (χ4n) is 1.60. The van der Waals surface area contributed by atoms with Gasteiger partial charge in [0.1, 0.15) is 0 Å². The van der Waals surface area contributed by atoms with E-state index >= 15 is 0 Å². The average molecular weight is 291 g/mol. The highest BCUT2D eigenvalue weighted by molar-refractivity contribution is 6.30. The zero-order chi connectivity index (χ0) is 12.7. The Kier molecular flexibility index (Phi) is 8.81. The Morgan fingerprint density at radius 1 is 1.50 bits per heavy atom. The number of nitrogens with two attached hydrogens (primary N) is 1. The zero-order valence-corrected chi connectivity index (χ0v) is 12.1. The van der Waals surface area contributed by atoms with Gasteiger partial charge >= 0.3 is 0 Å². The molecule has 5 heteroatoms. The van der Waals surface area contributed by atoms with Crippen molar-refractivity contribution in [2.45, 2.75) is 32.2 Å². The lowest BCUT2D eigenvalue weighted by molar-refractivity contribution is -0.122. The summed E-state index contributed by atoms with van der Waals surface area (Å²) in [6.07, 6.45) is 2.41. The maximum Gasteiger partial charge on any atom is 0.236 e. The van der Waals surface area contributed by atoms with Crippen molar-refractivity contribution < 1.29 is 4.79 Å². The Hall–Kier alpha value is -0.770. The molecule has 0 saturated carbocycles. The SMILES string of the molecule is CCCC(N)C(=O)NCCc1cccc(Cl)c1.Cl. The maximum atomic E-state index is 11.5. The molecule has 0 bridgehead atoms.